The molecular weight excluding hydrogens is 399 g/mol. The Morgan fingerprint density at radius 1 is 1.27 bits per heavy atom. The van der Waals surface area contributed by atoms with E-state index in [1.54, 1.807) is 6.07 Å². The first-order valence-electron chi connectivity index (χ1n) is 8.42. The summed E-state index contributed by atoms with van der Waals surface area (Å²) in [6.07, 6.45) is 8.66. The van der Waals surface area contributed by atoms with Crippen LogP contribution in [0.4, 0.5) is 0 Å². The van der Waals surface area contributed by atoms with Gasteiger partial charge in [0, 0.05) is 37.9 Å². The van der Waals surface area contributed by atoms with Gasteiger partial charge in [0.15, 0.2) is 0 Å². The zero-order chi connectivity index (χ0) is 17.4. The molecule has 0 aromatic carbocycles. The molecule has 1 aromatic rings. The smallest absolute Gasteiger partial charge is 0.242 e. The monoisotopic (exact) mass is 426 g/mol. The lowest BCUT2D eigenvalue weighted by molar-refractivity contribution is -0.122. The van der Waals surface area contributed by atoms with Crippen LogP contribution in [-0.2, 0) is 14.8 Å². The third-order valence-electron chi connectivity index (χ3n) is 4.41. The van der Waals surface area contributed by atoms with Crippen LogP contribution in [0.3, 0.4) is 0 Å². The number of pyridine rings is 1. The molecule has 1 aliphatic rings. The summed E-state index contributed by atoms with van der Waals surface area (Å²) >= 11 is 0. The van der Waals surface area contributed by atoms with E-state index in [1.807, 2.05) is 0 Å². The molecule has 1 aromatic heterocycles. The lowest BCUT2D eigenvalue weighted by Gasteiger charge is -2.30. The molecule has 1 aliphatic carbocycles. The molecule has 2 rings (SSSR count). The maximum atomic E-state index is 12.1. The van der Waals surface area contributed by atoms with Crippen LogP contribution < -0.4 is 15.8 Å². The molecule has 7 nitrogen and oxygen atoms in total. The van der Waals surface area contributed by atoms with Gasteiger partial charge in [-0.1, -0.05) is 19.3 Å². The van der Waals surface area contributed by atoms with Gasteiger partial charge in [0.2, 0.25) is 15.9 Å². The number of nitrogens with zero attached hydrogens (tertiary/aromatic N) is 1. The molecule has 1 amide bonds. The lowest BCUT2D eigenvalue weighted by atomic mass is 9.84. The molecule has 1 heterocycles. The normalized spacial score (nSPS) is 16.0. The van der Waals surface area contributed by atoms with Gasteiger partial charge in [-0.2, -0.15) is 0 Å². The highest BCUT2D eigenvalue weighted by molar-refractivity contribution is 7.89. The van der Waals surface area contributed by atoms with E-state index in [1.165, 1.54) is 37.7 Å². The first-order valence-corrected chi connectivity index (χ1v) is 9.90. The summed E-state index contributed by atoms with van der Waals surface area (Å²) in [7, 11) is -3.63. The molecule has 0 radical (unpaired) electrons. The van der Waals surface area contributed by atoms with E-state index < -0.39 is 10.0 Å². The van der Waals surface area contributed by atoms with Gasteiger partial charge in [-0.05, 0) is 30.9 Å². The molecule has 1 atom stereocenters. The van der Waals surface area contributed by atoms with Crippen molar-refractivity contribution in [3.63, 3.8) is 0 Å². The van der Waals surface area contributed by atoms with Gasteiger partial charge < -0.3 is 11.1 Å². The molecule has 1 fully saturated rings. The number of halogens is 2. The van der Waals surface area contributed by atoms with E-state index in [2.05, 4.69) is 15.0 Å². The molecular formula is C16H28Cl2N4O3S. The van der Waals surface area contributed by atoms with Gasteiger partial charge in [-0.25, -0.2) is 13.1 Å². The third kappa shape index (κ3) is 7.75. The molecule has 0 spiro atoms. The molecule has 0 saturated heterocycles. The average Bonchev–Trinajstić information content (AvgIpc) is 2.61. The van der Waals surface area contributed by atoms with E-state index in [4.69, 9.17) is 5.73 Å². The fraction of sp³-hybridized carbons (Fsp3) is 0.625. The summed E-state index contributed by atoms with van der Waals surface area (Å²) in [5.74, 6) is 0.254. The number of hydrogen-bond donors (Lipinski definition) is 3. The van der Waals surface area contributed by atoms with Crippen molar-refractivity contribution < 1.29 is 13.2 Å². The van der Waals surface area contributed by atoms with Crippen molar-refractivity contribution in [1.82, 2.24) is 15.0 Å². The number of sulfonamides is 1. The highest BCUT2D eigenvalue weighted by atomic mass is 35.5. The van der Waals surface area contributed by atoms with Crippen LogP contribution in [-0.4, -0.2) is 38.4 Å². The Morgan fingerprint density at radius 2 is 1.96 bits per heavy atom. The van der Waals surface area contributed by atoms with Gasteiger partial charge in [-0.15, -0.1) is 24.8 Å². The van der Waals surface area contributed by atoms with Crippen LogP contribution >= 0.6 is 24.8 Å². The van der Waals surface area contributed by atoms with Crippen molar-refractivity contribution >= 4 is 40.7 Å². The van der Waals surface area contributed by atoms with Crippen LogP contribution in [0.15, 0.2) is 29.4 Å². The third-order valence-corrected chi connectivity index (χ3v) is 5.85. The zero-order valence-electron chi connectivity index (χ0n) is 14.6. The fourth-order valence-electron chi connectivity index (χ4n) is 3.07. The Balaban J connectivity index is 0.00000312. The first kappa shape index (κ1) is 25.1. The molecule has 0 bridgehead atoms. The van der Waals surface area contributed by atoms with Gasteiger partial charge in [0.25, 0.3) is 0 Å². The van der Waals surface area contributed by atoms with Crippen LogP contribution in [0.5, 0.6) is 0 Å². The summed E-state index contributed by atoms with van der Waals surface area (Å²) in [4.78, 5) is 15.9. The van der Waals surface area contributed by atoms with Crippen LogP contribution in [0, 0.1) is 5.92 Å². The highest BCUT2D eigenvalue weighted by Gasteiger charge is 2.24. The van der Waals surface area contributed by atoms with Crippen molar-refractivity contribution in [3.8, 4) is 0 Å². The Labute approximate surface area is 167 Å². The minimum absolute atomic E-state index is 0. The number of rotatable bonds is 8. The Hall–Kier alpha value is -0.930. The number of carbonyl (C=O) groups excluding carboxylic acids is 1. The maximum absolute atomic E-state index is 12.1. The molecule has 10 heteroatoms. The zero-order valence-corrected chi connectivity index (χ0v) is 17.0. The molecule has 4 N–H and O–H groups in total. The molecule has 0 aliphatic heterocycles. The van der Waals surface area contributed by atoms with Crippen LogP contribution in [0.1, 0.15) is 38.5 Å². The van der Waals surface area contributed by atoms with E-state index >= 15 is 0 Å². The van der Waals surface area contributed by atoms with Gasteiger partial charge >= 0.3 is 0 Å². The lowest BCUT2D eigenvalue weighted by Crippen LogP contribution is -2.46. The second-order valence-corrected chi connectivity index (χ2v) is 7.91. The molecule has 1 saturated carbocycles. The minimum atomic E-state index is -3.63. The van der Waals surface area contributed by atoms with E-state index in [0.29, 0.717) is 12.5 Å². The topological polar surface area (TPSA) is 114 Å². The van der Waals surface area contributed by atoms with Crippen molar-refractivity contribution in [2.75, 3.05) is 13.1 Å². The predicted octanol–water partition coefficient (Wildman–Crippen LogP) is 1.62. The number of aromatic nitrogens is 1. The van der Waals surface area contributed by atoms with Crippen molar-refractivity contribution in [1.29, 1.82) is 0 Å². The van der Waals surface area contributed by atoms with Gasteiger partial charge in [0.05, 0.1) is 0 Å². The summed E-state index contributed by atoms with van der Waals surface area (Å²) in [5.41, 5.74) is 5.79. The van der Waals surface area contributed by atoms with Crippen LogP contribution in [0.2, 0.25) is 0 Å². The number of carbonyl (C=O) groups is 1. The number of amides is 1. The minimum Gasteiger partial charge on any atom is -0.352 e. The number of nitrogens with one attached hydrogen (secondary N) is 2. The van der Waals surface area contributed by atoms with Crippen molar-refractivity contribution in [2.45, 2.75) is 49.5 Å². The first-order chi connectivity index (χ1) is 11.5. The average molecular weight is 427 g/mol. The quantitative estimate of drug-likeness (QED) is 0.583. The Bertz CT molecular complexity index is 626. The summed E-state index contributed by atoms with van der Waals surface area (Å²) in [6.45, 7) is 0.461. The predicted molar refractivity (Wildman–Crippen MR) is 106 cm³/mol. The molecule has 1 unspecified atom stereocenters. The number of hydrogen-bond acceptors (Lipinski definition) is 5. The highest BCUT2D eigenvalue weighted by Crippen LogP contribution is 2.26. The van der Waals surface area contributed by atoms with E-state index in [-0.39, 0.29) is 54.6 Å². The Kier molecular flexibility index (Phi) is 12.0. The van der Waals surface area contributed by atoms with Crippen molar-refractivity contribution in [3.05, 3.63) is 24.5 Å². The molecule has 150 valence electrons. The second-order valence-electron chi connectivity index (χ2n) is 6.14. The van der Waals surface area contributed by atoms with Crippen molar-refractivity contribution in [2.24, 2.45) is 11.7 Å². The largest absolute Gasteiger partial charge is 0.352 e. The maximum Gasteiger partial charge on any atom is 0.242 e. The summed E-state index contributed by atoms with van der Waals surface area (Å²) in [5, 5.41) is 2.95. The Morgan fingerprint density at radius 3 is 2.54 bits per heavy atom. The van der Waals surface area contributed by atoms with Crippen LogP contribution in [0.25, 0.3) is 0 Å². The standard InChI is InChI=1S/C16H26N4O3S.2ClH/c17-11-15(13-5-2-1-3-6-13)20-16(21)8-10-19-24(22,23)14-7-4-9-18-12-14;;/h4,7,9,12-13,15,19H,1-3,5-6,8,10-11,17H2,(H,20,21);2*1H. The van der Waals surface area contributed by atoms with E-state index in [0.717, 1.165) is 12.8 Å². The SMILES string of the molecule is Cl.Cl.NCC(NC(=O)CCNS(=O)(=O)c1cccnc1)C1CCCCC1. The van der Waals surface area contributed by atoms with Gasteiger partial charge in [0.1, 0.15) is 4.90 Å². The van der Waals surface area contributed by atoms with Gasteiger partial charge in [-0.3, -0.25) is 9.78 Å². The number of nitrogens with two attached hydrogens (primary N) is 1. The summed E-state index contributed by atoms with van der Waals surface area (Å²) < 4.78 is 26.5. The fourth-order valence-corrected chi connectivity index (χ4v) is 4.07. The van der Waals surface area contributed by atoms with E-state index in [9.17, 15) is 13.2 Å². The second kappa shape index (κ2) is 12.5. The molecule has 26 heavy (non-hydrogen) atoms. The summed E-state index contributed by atoms with van der Waals surface area (Å²) in [6, 6.07) is 2.99.